The number of carbonyl (C=O) groups excluding carboxylic acids is 1. The zero-order valence-electron chi connectivity index (χ0n) is 12.4. The highest BCUT2D eigenvalue weighted by Gasteiger charge is 2.03. The van der Waals surface area contributed by atoms with Crippen LogP contribution in [0.3, 0.4) is 0 Å². The molecule has 0 aromatic heterocycles. The Bertz CT molecular complexity index is 691. The summed E-state index contributed by atoms with van der Waals surface area (Å²) in [5.74, 6) is 0.354. The molecule has 0 radical (unpaired) electrons. The Labute approximate surface area is 147 Å². The predicted octanol–water partition coefficient (Wildman–Crippen LogP) is 5.99. The maximum atomic E-state index is 12.0. The first-order valence-electron chi connectivity index (χ1n) is 7.00. The Balaban J connectivity index is 2.01. The van der Waals surface area contributed by atoms with Crippen LogP contribution in [-0.2, 0) is 4.79 Å². The summed E-state index contributed by atoms with van der Waals surface area (Å²) in [7, 11) is 0. The van der Waals surface area contributed by atoms with E-state index in [1.165, 1.54) is 5.56 Å². The minimum atomic E-state index is -0.157. The van der Waals surface area contributed by atoms with Crippen molar-refractivity contribution in [1.29, 1.82) is 0 Å². The molecule has 0 heterocycles. The number of hydrogen-bond donors (Lipinski definition) is 1. The molecule has 1 amide bonds. The molecule has 2 nitrogen and oxygen atoms in total. The first-order chi connectivity index (χ1) is 10.5. The van der Waals surface area contributed by atoms with Crippen LogP contribution in [0.25, 0.3) is 6.08 Å². The number of nitrogens with one attached hydrogen (secondary N) is 1. The molecular weight excluding hydrogens is 406 g/mol. The number of halogens is 2. The van der Waals surface area contributed by atoms with E-state index in [1.54, 1.807) is 6.08 Å². The van der Waals surface area contributed by atoms with Gasteiger partial charge in [-0.25, -0.2) is 0 Å². The van der Waals surface area contributed by atoms with Crippen molar-refractivity contribution in [2.45, 2.75) is 19.8 Å². The quantitative estimate of drug-likeness (QED) is 0.602. The normalized spacial score (nSPS) is 11.1. The van der Waals surface area contributed by atoms with Crippen LogP contribution in [0.4, 0.5) is 5.69 Å². The Kier molecular flexibility index (Phi) is 5.98. The molecule has 0 saturated carbocycles. The summed E-state index contributed by atoms with van der Waals surface area (Å²) in [6.45, 7) is 4.32. The molecule has 0 spiro atoms. The van der Waals surface area contributed by atoms with Crippen LogP contribution in [0, 0.1) is 0 Å². The second kappa shape index (κ2) is 7.75. The highest BCUT2D eigenvalue weighted by atomic mass is 79.9. The van der Waals surface area contributed by atoms with Crippen LogP contribution in [-0.4, -0.2) is 5.91 Å². The molecule has 4 heteroatoms. The zero-order chi connectivity index (χ0) is 16.1. The van der Waals surface area contributed by atoms with Gasteiger partial charge in [0.2, 0.25) is 5.91 Å². The topological polar surface area (TPSA) is 29.1 Å². The average molecular weight is 423 g/mol. The zero-order valence-corrected chi connectivity index (χ0v) is 15.6. The Morgan fingerprint density at radius 2 is 1.77 bits per heavy atom. The van der Waals surface area contributed by atoms with Gasteiger partial charge in [-0.05, 0) is 57.2 Å². The highest BCUT2D eigenvalue weighted by Crippen LogP contribution is 2.26. The van der Waals surface area contributed by atoms with Gasteiger partial charge in [-0.15, -0.1) is 0 Å². The molecule has 2 aromatic rings. The molecule has 0 saturated heterocycles. The number of hydrogen-bond acceptors (Lipinski definition) is 1. The first-order valence-corrected chi connectivity index (χ1v) is 8.58. The molecular formula is C18H17Br2NO. The number of benzene rings is 2. The summed E-state index contributed by atoms with van der Waals surface area (Å²) >= 11 is 6.81. The SMILES string of the molecule is CC(C)c1ccc(C=CC(=O)Nc2ccc(Br)cc2Br)cc1. The summed E-state index contributed by atoms with van der Waals surface area (Å²) < 4.78 is 1.79. The predicted molar refractivity (Wildman–Crippen MR) is 100 cm³/mol. The Morgan fingerprint density at radius 1 is 1.09 bits per heavy atom. The maximum absolute atomic E-state index is 12.0. The Hall–Kier alpha value is -1.39. The van der Waals surface area contributed by atoms with Gasteiger partial charge in [0.05, 0.1) is 5.69 Å². The van der Waals surface area contributed by atoms with Crippen molar-refractivity contribution >= 4 is 49.5 Å². The van der Waals surface area contributed by atoms with E-state index in [0.29, 0.717) is 5.92 Å². The summed E-state index contributed by atoms with van der Waals surface area (Å²) in [4.78, 5) is 12.0. The van der Waals surface area contributed by atoms with E-state index >= 15 is 0 Å². The fraction of sp³-hybridized carbons (Fsp3) is 0.167. The molecule has 2 rings (SSSR count). The van der Waals surface area contributed by atoms with Crippen LogP contribution in [0.2, 0.25) is 0 Å². The molecule has 0 atom stereocenters. The summed E-state index contributed by atoms with van der Waals surface area (Å²) in [6.07, 6.45) is 3.35. The minimum absolute atomic E-state index is 0.157. The van der Waals surface area contributed by atoms with E-state index in [4.69, 9.17) is 0 Å². The molecule has 2 aromatic carbocycles. The second-order valence-electron chi connectivity index (χ2n) is 5.27. The van der Waals surface area contributed by atoms with Gasteiger partial charge < -0.3 is 5.32 Å². The van der Waals surface area contributed by atoms with Gasteiger partial charge >= 0.3 is 0 Å². The van der Waals surface area contributed by atoms with Gasteiger partial charge in [0.15, 0.2) is 0 Å². The van der Waals surface area contributed by atoms with Crippen molar-refractivity contribution in [3.8, 4) is 0 Å². The molecule has 114 valence electrons. The fourth-order valence-corrected chi connectivity index (χ4v) is 3.08. The maximum Gasteiger partial charge on any atom is 0.248 e. The van der Waals surface area contributed by atoms with Crippen LogP contribution in [0.1, 0.15) is 30.9 Å². The molecule has 0 bridgehead atoms. The van der Waals surface area contributed by atoms with E-state index in [1.807, 2.05) is 36.4 Å². The van der Waals surface area contributed by atoms with Crippen molar-refractivity contribution in [3.63, 3.8) is 0 Å². The molecule has 0 aliphatic heterocycles. The standard InChI is InChI=1S/C18H17Br2NO/c1-12(2)14-6-3-13(4-7-14)5-10-18(22)21-17-9-8-15(19)11-16(17)20/h3-12H,1-2H3,(H,21,22). The van der Waals surface area contributed by atoms with E-state index < -0.39 is 0 Å². The minimum Gasteiger partial charge on any atom is -0.321 e. The molecule has 0 fully saturated rings. The number of rotatable bonds is 4. The Morgan fingerprint density at radius 3 is 2.36 bits per heavy atom. The second-order valence-corrected chi connectivity index (χ2v) is 7.04. The van der Waals surface area contributed by atoms with Gasteiger partial charge in [0.1, 0.15) is 0 Å². The van der Waals surface area contributed by atoms with Crippen LogP contribution in [0.15, 0.2) is 57.5 Å². The lowest BCUT2D eigenvalue weighted by Crippen LogP contribution is -2.08. The third-order valence-corrected chi connectivity index (χ3v) is 4.37. The average Bonchev–Trinajstić information content (AvgIpc) is 2.48. The van der Waals surface area contributed by atoms with Gasteiger partial charge in [-0.1, -0.05) is 54.0 Å². The third kappa shape index (κ3) is 4.82. The molecule has 0 aliphatic rings. The van der Waals surface area contributed by atoms with Crippen molar-refractivity contribution in [2.24, 2.45) is 0 Å². The first kappa shape index (κ1) is 17.0. The lowest BCUT2D eigenvalue weighted by molar-refractivity contribution is -0.111. The van der Waals surface area contributed by atoms with Crippen LogP contribution < -0.4 is 5.32 Å². The lowest BCUT2D eigenvalue weighted by atomic mass is 10.0. The number of anilines is 1. The summed E-state index contributed by atoms with van der Waals surface area (Å²) in [5.41, 5.74) is 3.04. The molecule has 22 heavy (non-hydrogen) atoms. The van der Waals surface area contributed by atoms with Gasteiger partial charge in [-0.2, -0.15) is 0 Å². The van der Waals surface area contributed by atoms with Crippen LogP contribution >= 0.6 is 31.9 Å². The monoisotopic (exact) mass is 421 g/mol. The van der Waals surface area contributed by atoms with Crippen LogP contribution in [0.5, 0.6) is 0 Å². The van der Waals surface area contributed by atoms with Crippen molar-refractivity contribution in [1.82, 2.24) is 0 Å². The fourth-order valence-electron chi connectivity index (χ4n) is 1.93. The number of amides is 1. The van der Waals surface area contributed by atoms with Crippen molar-refractivity contribution in [2.75, 3.05) is 5.32 Å². The lowest BCUT2D eigenvalue weighted by Gasteiger charge is -2.06. The van der Waals surface area contributed by atoms with E-state index in [0.717, 1.165) is 20.2 Å². The van der Waals surface area contributed by atoms with Gasteiger partial charge in [-0.3, -0.25) is 4.79 Å². The third-order valence-electron chi connectivity index (χ3n) is 3.22. The van der Waals surface area contributed by atoms with E-state index in [2.05, 4.69) is 63.2 Å². The van der Waals surface area contributed by atoms with E-state index in [9.17, 15) is 4.79 Å². The van der Waals surface area contributed by atoms with Crippen molar-refractivity contribution in [3.05, 3.63) is 68.6 Å². The smallest absolute Gasteiger partial charge is 0.248 e. The summed E-state index contributed by atoms with van der Waals surface area (Å²) in [5, 5.41) is 2.84. The van der Waals surface area contributed by atoms with Crippen molar-refractivity contribution < 1.29 is 4.79 Å². The molecule has 0 aliphatic carbocycles. The van der Waals surface area contributed by atoms with Gasteiger partial charge in [0.25, 0.3) is 0 Å². The van der Waals surface area contributed by atoms with E-state index in [-0.39, 0.29) is 5.91 Å². The molecule has 0 unspecified atom stereocenters. The number of carbonyl (C=O) groups is 1. The highest BCUT2D eigenvalue weighted by molar-refractivity contribution is 9.11. The summed E-state index contributed by atoms with van der Waals surface area (Å²) in [6, 6.07) is 13.8. The van der Waals surface area contributed by atoms with Gasteiger partial charge in [0, 0.05) is 15.0 Å². The molecule has 1 N–H and O–H groups in total. The largest absolute Gasteiger partial charge is 0.321 e.